The number of hydrogen-bond donors (Lipinski definition) is 1. The van der Waals surface area contributed by atoms with Gasteiger partial charge in [0.25, 0.3) is 0 Å². The number of halogens is 1. The van der Waals surface area contributed by atoms with Crippen LogP contribution in [0.15, 0.2) is 41.8 Å². The van der Waals surface area contributed by atoms with Gasteiger partial charge in [-0.15, -0.1) is 23.1 Å². The summed E-state index contributed by atoms with van der Waals surface area (Å²) in [5.41, 5.74) is 2.04. The molecule has 0 bridgehead atoms. The summed E-state index contributed by atoms with van der Waals surface area (Å²) in [5.74, 6) is 0.00176. The number of nitrogens with zero attached hydrogens (tertiary/aromatic N) is 3. The van der Waals surface area contributed by atoms with Crippen LogP contribution in [-0.2, 0) is 19.7 Å². The molecule has 1 N–H and O–H groups in total. The number of hydrogen-bond acceptors (Lipinski definition) is 6. The standard InChI is InChI=1S/C26H31FN4O3S2/c1-26(2,3)24-22-23(19-7-5-14-35-19)36-16-21(33)30(15-20(32)28-12-6-13-34-4)25(22)31(29-24)18-10-8-17(27)9-11-18/h5,7-11,14,23H,6,12-13,15-16H2,1-4H3,(H,28,32)/t23-/m1/s1. The number of carbonyl (C=O) groups is 2. The monoisotopic (exact) mass is 530 g/mol. The van der Waals surface area contributed by atoms with E-state index in [1.807, 2.05) is 11.4 Å². The van der Waals surface area contributed by atoms with E-state index >= 15 is 0 Å². The summed E-state index contributed by atoms with van der Waals surface area (Å²) in [4.78, 5) is 29.1. The van der Waals surface area contributed by atoms with Gasteiger partial charge in [0.15, 0.2) is 0 Å². The predicted molar refractivity (Wildman–Crippen MR) is 143 cm³/mol. The number of carbonyl (C=O) groups excluding carboxylic acids is 2. The Balaban J connectivity index is 1.87. The van der Waals surface area contributed by atoms with Gasteiger partial charge in [0.2, 0.25) is 11.8 Å². The zero-order valence-electron chi connectivity index (χ0n) is 20.9. The molecule has 4 rings (SSSR count). The number of aromatic nitrogens is 2. The summed E-state index contributed by atoms with van der Waals surface area (Å²) in [6.07, 6.45) is 0.680. The maximum absolute atomic E-state index is 13.8. The van der Waals surface area contributed by atoms with Crippen LogP contribution in [0.3, 0.4) is 0 Å². The van der Waals surface area contributed by atoms with Crippen LogP contribution in [0.1, 0.15) is 48.6 Å². The Kier molecular flexibility index (Phi) is 8.17. The summed E-state index contributed by atoms with van der Waals surface area (Å²) in [6, 6.07) is 10.1. The largest absolute Gasteiger partial charge is 0.385 e. The minimum Gasteiger partial charge on any atom is -0.385 e. The first kappa shape index (κ1) is 26.4. The second-order valence-corrected chi connectivity index (χ2v) is 11.7. The van der Waals surface area contributed by atoms with Crippen molar-refractivity contribution < 1.29 is 18.7 Å². The molecule has 0 aliphatic carbocycles. The smallest absolute Gasteiger partial charge is 0.240 e. The number of fused-ring (bicyclic) bond motifs is 1. The summed E-state index contributed by atoms with van der Waals surface area (Å²) < 4.78 is 20.5. The highest BCUT2D eigenvalue weighted by Gasteiger charge is 2.40. The van der Waals surface area contributed by atoms with E-state index in [0.717, 1.165) is 16.1 Å². The number of ether oxygens (including phenoxy) is 1. The van der Waals surface area contributed by atoms with Crippen molar-refractivity contribution in [1.82, 2.24) is 15.1 Å². The molecule has 1 aromatic carbocycles. The third kappa shape index (κ3) is 5.66. The fraction of sp³-hybridized carbons (Fsp3) is 0.423. The number of rotatable bonds is 8. The van der Waals surface area contributed by atoms with Crippen molar-refractivity contribution in [3.05, 3.63) is 63.7 Å². The third-order valence-corrected chi connectivity index (χ3v) is 8.14. The number of methoxy groups -OCH3 is 1. The van der Waals surface area contributed by atoms with E-state index in [2.05, 4.69) is 32.2 Å². The Labute approximate surface area is 219 Å². The molecule has 0 radical (unpaired) electrons. The molecular formula is C26H31FN4O3S2. The fourth-order valence-corrected chi connectivity index (χ4v) is 6.32. The number of nitrogens with one attached hydrogen (secondary N) is 1. The number of thiophene rings is 1. The highest BCUT2D eigenvalue weighted by Crippen LogP contribution is 2.49. The second kappa shape index (κ2) is 11.1. The molecule has 2 amide bonds. The van der Waals surface area contributed by atoms with E-state index in [-0.39, 0.29) is 40.6 Å². The van der Waals surface area contributed by atoms with Crippen LogP contribution in [0.5, 0.6) is 0 Å². The molecule has 0 saturated carbocycles. The van der Waals surface area contributed by atoms with Crippen molar-refractivity contribution in [2.45, 2.75) is 37.9 Å². The van der Waals surface area contributed by atoms with Gasteiger partial charge in [-0.2, -0.15) is 5.10 Å². The molecule has 2 aromatic heterocycles. The number of amides is 2. The molecule has 7 nitrogen and oxygen atoms in total. The van der Waals surface area contributed by atoms with Gasteiger partial charge in [0.1, 0.15) is 18.2 Å². The van der Waals surface area contributed by atoms with Crippen molar-refractivity contribution in [3.8, 4) is 5.69 Å². The number of anilines is 1. The second-order valence-electron chi connectivity index (χ2n) is 9.61. The van der Waals surface area contributed by atoms with Crippen LogP contribution >= 0.6 is 23.1 Å². The van der Waals surface area contributed by atoms with Crippen LogP contribution in [0, 0.1) is 5.82 Å². The van der Waals surface area contributed by atoms with Gasteiger partial charge in [-0.25, -0.2) is 9.07 Å². The molecule has 1 atom stereocenters. The SMILES string of the molecule is COCCCNC(=O)CN1C(=O)CS[C@H](c2cccs2)c2c(C(C)(C)C)nn(-c3ccc(F)cc3)c21. The van der Waals surface area contributed by atoms with Gasteiger partial charge in [-0.3, -0.25) is 14.5 Å². The Morgan fingerprint density at radius 3 is 2.64 bits per heavy atom. The van der Waals surface area contributed by atoms with Gasteiger partial charge in [-0.05, 0) is 42.1 Å². The zero-order chi connectivity index (χ0) is 25.9. The molecule has 0 fully saturated rings. The van der Waals surface area contributed by atoms with Crippen LogP contribution in [-0.4, -0.2) is 54.2 Å². The first-order valence-corrected chi connectivity index (χ1v) is 13.7. The minimum atomic E-state index is -0.358. The molecule has 3 aromatic rings. The normalized spacial score (nSPS) is 16.1. The highest BCUT2D eigenvalue weighted by molar-refractivity contribution is 8.00. The van der Waals surface area contributed by atoms with Crippen molar-refractivity contribution in [2.75, 3.05) is 37.5 Å². The Morgan fingerprint density at radius 1 is 1.25 bits per heavy atom. The summed E-state index contributed by atoms with van der Waals surface area (Å²) in [5, 5.41) is 9.77. The van der Waals surface area contributed by atoms with E-state index in [1.165, 1.54) is 17.0 Å². The van der Waals surface area contributed by atoms with Crippen molar-refractivity contribution in [1.29, 1.82) is 0 Å². The zero-order valence-corrected chi connectivity index (χ0v) is 22.5. The van der Waals surface area contributed by atoms with E-state index in [9.17, 15) is 14.0 Å². The molecule has 10 heteroatoms. The predicted octanol–water partition coefficient (Wildman–Crippen LogP) is 4.69. The maximum atomic E-state index is 13.8. The van der Waals surface area contributed by atoms with Crippen LogP contribution < -0.4 is 10.2 Å². The van der Waals surface area contributed by atoms with E-state index < -0.39 is 0 Å². The lowest BCUT2D eigenvalue weighted by atomic mass is 9.88. The van der Waals surface area contributed by atoms with Crippen molar-refractivity contribution in [3.63, 3.8) is 0 Å². The Bertz CT molecular complexity index is 1200. The van der Waals surface area contributed by atoms with Crippen molar-refractivity contribution in [2.24, 2.45) is 0 Å². The Hall–Kier alpha value is -2.69. The average Bonchev–Trinajstić information content (AvgIpc) is 3.47. The lowest BCUT2D eigenvalue weighted by molar-refractivity contribution is -0.122. The fourth-order valence-electron chi connectivity index (χ4n) is 4.14. The molecule has 0 unspecified atom stereocenters. The van der Waals surface area contributed by atoms with Gasteiger partial charge in [0.05, 0.1) is 22.4 Å². The van der Waals surface area contributed by atoms with E-state index in [0.29, 0.717) is 31.1 Å². The molecule has 0 saturated heterocycles. The van der Waals surface area contributed by atoms with Gasteiger partial charge in [0, 0.05) is 36.1 Å². The van der Waals surface area contributed by atoms with Crippen LogP contribution in [0.4, 0.5) is 10.2 Å². The topological polar surface area (TPSA) is 76.5 Å². The molecule has 1 aliphatic rings. The molecule has 3 heterocycles. The molecule has 1 aliphatic heterocycles. The lowest BCUT2D eigenvalue weighted by Crippen LogP contribution is -2.42. The van der Waals surface area contributed by atoms with E-state index in [1.54, 1.807) is 47.0 Å². The van der Waals surface area contributed by atoms with Crippen LogP contribution in [0.25, 0.3) is 5.69 Å². The maximum Gasteiger partial charge on any atom is 0.240 e. The summed E-state index contributed by atoms with van der Waals surface area (Å²) in [7, 11) is 1.62. The first-order chi connectivity index (χ1) is 17.2. The number of benzene rings is 1. The van der Waals surface area contributed by atoms with Crippen molar-refractivity contribution >= 4 is 40.7 Å². The number of thioether (sulfide) groups is 1. The Morgan fingerprint density at radius 2 is 2.00 bits per heavy atom. The average molecular weight is 531 g/mol. The first-order valence-electron chi connectivity index (χ1n) is 11.8. The van der Waals surface area contributed by atoms with Gasteiger partial charge in [-0.1, -0.05) is 26.8 Å². The molecule has 192 valence electrons. The molecule has 0 spiro atoms. The van der Waals surface area contributed by atoms with Crippen LogP contribution in [0.2, 0.25) is 0 Å². The van der Waals surface area contributed by atoms with Gasteiger partial charge < -0.3 is 10.1 Å². The molecule has 36 heavy (non-hydrogen) atoms. The highest BCUT2D eigenvalue weighted by atomic mass is 32.2. The molecular weight excluding hydrogens is 499 g/mol. The van der Waals surface area contributed by atoms with Gasteiger partial charge >= 0.3 is 0 Å². The quantitative estimate of drug-likeness (QED) is 0.428. The lowest BCUT2D eigenvalue weighted by Gasteiger charge is -2.24. The van der Waals surface area contributed by atoms with E-state index in [4.69, 9.17) is 9.84 Å². The summed E-state index contributed by atoms with van der Waals surface area (Å²) in [6.45, 7) is 7.12. The third-order valence-electron chi connectivity index (χ3n) is 5.82. The minimum absolute atomic E-state index is 0.123. The summed E-state index contributed by atoms with van der Waals surface area (Å²) >= 11 is 3.18.